The van der Waals surface area contributed by atoms with E-state index in [1.807, 2.05) is 0 Å². The highest BCUT2D eigenvalue weighted by Crippen LogP contribution is 2.24. The second kappa shape index (κ2) is 4.91. The summed E-state index contributed by atoms with van der Waals surface area (Å²) in [6.45, 7) is 6.70. The Morgan fingerprint density at radius 3 is 2.47 bits per heavy atom. The number of hydrogen-bond donors (Lipinski definition) is 0. The Bertz CT molecular complexity index is 395. The third-order valence-corrected chi connectivity index (χ3v) is 2.55. The molecule has 0 N–H and O–H groups in total. The molecule has 0 bridgehead atoms. The minimum atomic E-state index is -0.682. The van der Waals surface area contributed by atoms with Gasteiger partial charge in [0.05, 0.1) is 6.54 Å². The molecule has 0 aromatic carbocycles. The molecule has 94 valence electrons. The first-order valence-corrected chi connectivity index (χ1v) is 5.94. The summed E-state index contributed by atoms with van der Waals surface area (Å²) in [5.41, 5.74) is -0.645. The van der Waals surface area contributed by atoms with E-state index in [0.29, 0.717) is 4.91 Å². The molecule has 0 unspecified atom stereocenters. The lowest BCUT2D eigenvalue weighted by Gasteiger charge is -2.23. The molecule has 0 aromatic rings. The predicted octanol–water partition coefficient (Wildman–Crippen LogP) is 1.93. The van der Waals surface area contributed by atoms with Crippen LogP contribution in [0.5, 0.6) is 0 Å². The second-order valence-electron chi connectivity index (χ2n) is 4.61. The van der Waals surface area contributed by atoms with Crippen LogP contribution in [0.4, 0.5) is 4.79 Å². The number of imide groups is 1. The van der Waals surface area contributed by atoms with Crippen molar-refractivity contribution in [2.45, 2.75) is 33.3 Å². The van der Waals surface area contributed by atoms with Crippen molar-refractivity contribution in [3.63, 3.8) is 0 Å². The van der Waals surface area contributed by atoms with E-state index < -0.39 is 17.6 Å². The molecule has 2 amide bonds. The Labute approximate surface area is 104 Å². The van der Waals surface area contributed by atoms with Crippen LogP contribution in [-0.2, 0) is 14.3 Å². The van der Waals surface area contributed by atoms with Gasteiger partial charge in [0.25, 0.3) is 5.91 Å². The van der Waals surface area contributed by atoms with Crippen molar-refractivity contribution in [3.8, 4) is 0 Å². The molecule has 17 heavy (non-hydrogen) atoms. The Hall–Kier alpha value is -1.30. The van der Waals surface area contributed by atoms with Crippen molar-refractivity contribution >= 4 is 28.9 Å². The van der Waals surface area contributed by atoms with Crippen molar-refractivity contribution in [1.29, 1.82) is 0 Å². The number of rotatable bonds is 1. The Balaban J connectivity index is 2.63. The van der Waals surface area contributed by atoms with Gasteiger partial charge in [0.1, 0.15) is 5.60 Å². The molecule has 5 nitrogen and oxygen atoms in total. The minimum Gasteiger partial charge on any atom is -0.443 e. The van der Waals surface area contributed by atoms with E-state index in [0.717, 1.165) is 16.7 Å². The van der Waals surface area contributed by atoms with E-state index >= 15 is 0 Å². The van der Waals surface area contributed by atoms with Gasteiger partial charge in [-0.15, -0.1) is 0 Å². The molecule has 0 spiro atoms. The van der Waals surface area contributed by atoms with E-state index in [9.17, 15) is 14.4 Å². The van der Waals surface area contributed by atoms with Gasteiger partial charge in [0.2, 0.25) is 0 Å². The quantitative estimate of drug-likeness (QED) is 0.718. The van der Waals surface area contributed by atoms with Gasteiger partial charge in [-0.2, -0.15) is 0 Å². The summed E-state index contributed by atoms with van der Waals surface area (Å²) in [5.74, 6) is -0.442. The van der Waals surface area contributed by atoms with Gasteiger partial charge in [0, 0.05) is 17.9 Å². The van der Waals surface area contributed by atoms with Crippen molar-refractivity contribution < 1.29 is 19.1 Å². The number of ether oxygens (including phenoxy) is 1. The maximum atomic E-state index is 11.7. The third-order valence-electron chi connectivity index (χ3n) is 1.75. The zero-order valence-electron chi connectivity index (χ0n) is 10.3. The Morgan fingerprint density at radius 1 is 1.41 bits per heavy atom. The molecule has 1 rings (SSSR count). The number of nitrogens with zero attached hydrogens (tertiary/aromatic N) is 1. The molecule has 1 aliphatic heterocycles. The lowest BCUT2D eigenvalue weighted by Crippen LogP contribution is -2.38. The standard InChI is InChI=1S/C11H15NO4S/c1-7(13)17-8-5-9(14)12(6-8)10(15)16-11(2,3)4/h5H,6H2,1-4H3. The summed E-state index contributed by atoms with van der Waals surface area (Å²) in [6.07, 6.45) is 0.605. The summed E-state index contributed by atoms with van der Waals surface area (Å²) in [5, 5.41) is -0.116. The fraction of sp³-hybridized carbons (Fsp3) is 0.545. The molecular weight excluding hydrogens is 242 g/mol. The summed E-state index contributed by atoms with van der Waals surface area (Å²) >= 11 is 0.957. The van der Waals surface area contributed by atoms with E-state index in [1.54, 1.807) is 20.8 Å². The molecule has 0 fully saturated rings. The third kappa shape index (κ3) is 4.22. The number of amides is 2. The van der Waals surface area contributed by atoms with Crippen molar-refractivity contribution in [1.82, 2.24) is 4.90 Å². The van der Waals surface area contributed by atoms with Crippen LogP contribution in [0.25, 0.3) is 0 Å². The van der Waals surface area contributed by atoms with Gasteiger partial charge in [-0.05, 0) is 20.8 Å². The normalized spacial score (nSPS) is 15.9. The van der Waals surface area contributed by atoms with E-state index in [4.69, 9.17) is 4.74 Å². The van der Waals surface area contributed by atoms with Gasteiger partial charge in [-0.25, -0.2) is 9.69 Å². The average Bonchev–Trinajstić information content (AvgIpc) is 2.42. The lowest BCUT2D eigenvalue weighted by molar-refractivity contribution is -0.123. The molecule has 0 radical (unpaired) electrons. The number of carbonyl (C=O) groups excluding carboxylic acids is 3. The first-order valence-electron chi connectivity index (χ1n) is 5.12. The number of carbonyl (C=O) groups is 3. The van der Waals surface area contributed by atoms with Crippen LogP contribution in [0.15, 0.2) is 11.0 Å². The maximum absolute atomic E-state index is 11.7. The van der Waals surface area contributed by atoms with Gasteiger partial charge in [-0.1, -0.05) is 11.8 Å². The van der Waals surface area contributed by atoms with Gasteiger partial charge in [0.15, 0.2) is 5.12 Å². The fourth-order valence-corrected chi connectivity index (χ4v) is 1.94. The van der Waals surface area contributed by atoms with Gasteiger partial charge < -0.3 is 4.74 Å². The first-order chi connectivity index (χ1) is 7.69. The van der Waals surface area contributed by atoms with Crippen LogP contribution in [0, 0.1) is 0 Å². The van der Waals surface area contributed by atoms with Crippen LogP contribution in [0.2, 0.25) is 0 Å². The zero-order valence-corrected chi connectivity index (χ0v) is 11.1. The summed E-state index contributed by atoms with van der Waals surface area (Å²) < 4.78 is 5.08. The Morgan fingerprint density at radius 2 is 2.00 bits per heavy atom. The molecule has 6 heteroatoms. The van der Waals surface area contributed by atoms with Crippen molar-refractivity contribution in [2.24, 2.45) is 0 Å². The predicted molar refractivity (Wildman–Crippen MR) is 64.3 cm³/mol. The lowest BCUT2D eigenvalue weighted by atomic mass is 10.2. The highest BCUT2D eigenvalue weighted by Gasteiger charge is 2.31. The molecule has 0 saturated carbocycles. The topological polar surface area (TPSA) is 63.7 Å². The smallest absolute Gasteiger partial charge is 0.417 e. The van der Waals surface area contributed by atoms with Crippen LogP contribution in [0.1, 0.15) is 27.7 Å². The Kier molecular flexibility index (Phi) is 3.98. The SMILES string of the molecule is CC(=O)SC1=CC(=O)N(C(=O)OC(C)(C)C)C1. The number of hydrogen-bond acceptors (Lipinski definition) is 5. The molecule has 0 aromatic heterocycles. The maximum Gasteiger partial charge on any atom is 0.417 e. The van der Waals surface area contributed by atoms with Crippen molar-refractivity contribution in [2.75, 3.05) is 6.54 Å². The van der Waals surface area contributed by atoms with Crippen LogP contribution < -0.4 is 0 Å². The summed E-state index contributed by atoms with van der Waals surface area (Å²) in [6, 6.07) is 0. The molecular formula is C11H15NO4S. The zero-order chi connectivity index (χ0) is 13.2. The van der Waals surface area contributed by atoms with E-state index in [2.05, 4.69) is 0 Å². The highest BCUT2D eigenvalue weighted by molar-refractivity contribution is 8.16. The van der Waals surface area contributed by atoms with Gasteiger partial charge >= 0.3 is 6.09 Å². The molecule has 1 aliphatic rings. The summed E-state index contributed by atoms with van der Waals surface area (Å²) in [4.78, 5) is 35.6. The van der Waals surface area contributed by atoms with Crippen LogP contribution in [0.3, 0.4) is 0 Å². The van der Waals surface area contributed by atoms with Crippen molar-refractivity contribution in [3.05, 3.63) is 11.0 Å². The molecule has 0 aliphatic carbocycles. The fourth-order valence-electron chi connectivity index (χ4n) is 1.21. The van der Waals surface area contributed by atoms with Gasteiger partial charge in [-0.3, -0.25) is 9.59 Å². The molecule has 0 saturated heterocycles. The monoisotopic (exact) mass is 257 g/mol. The molecule has 1 heterocycles. The average molecular weight is 257 g/mol. The van der Waals surface area contributed by atoms with E-state index in [1.165, 1.54) is 13.0 Å². The van der Waals surface area contributed by atoms with Crippen LogP contribution in [-0.4, -0.2) is 34.2 Å². The van der Waals surface area contributed by atoms with Crippen LogP contribution >= 0.6 is 11.8 Å². The highest BCUT2D eigenvalue weighted by atomic mass is 32.2. The second-order valence-corrected chi connectivity index (χ2v) is 5.91. The minimum absolute atomic E-state index is 0.109. The largest absolute Gasteiger partial charge is 0.443 e. The first kappa shape index (κ1) is 13.8. The van der Waals surface area contributed by atoms with E-state index in [-0.39, 0.29) is 11.7 Å². The summed E-state index contributed by atoms with van der Waals surface area (Å²) in [7, 11) is 0. The number of thioether (sulfide) groups is 1. The molecule has 0 atom stereocenters.